The van der Waals surface area contributed by atoms with Crippen LogP contribution in [0.2, 0.25) is 0 Å². The fourth-order valence-corrected chi connectivity index (χ4v) is 3.92. The van der Waals surface area contributed by atoms with Crippen molar-refractivity contribution in [1.82, 2.24) is 19.9 Å². The SMILES string of the molecule is CCCCCCCCNC(=O)c1c(N)n(-c2ccccc2)c2nc3ccccc3nc12. The first-order chi connectivity index (χ1) is 15.2. The lowest BCUT2D eigenvalue weighted by atomic mass is 10.1. The van der Waals surface area contributed by atoms with Crippen molar-refractivity contribution in [1.29, 1.82) is 0 Å². The minimum absolute atomic E-state index is 0.199. The van der Waals surface area contributed by atoms with Crippen LogP contribution in [0.4, 0.5) is 5.82 Å². The van der Waals surface area contributed by atoms with E-state index in [0.29, 0.717) is 29.1 Å². The van der Waals surface area contributed by atoms with Gasteiger partial charge in [0.1, 0.15) is 16.9 Å². The normalized spacial score (nSPS) is 11.3. The molecule has 0 atom stereocenters. The van der Waals surface area contributed by atoms with Crippen LogP contribution in [-0.2, 0) is 0 Å². The van der Waals surface area contributed by atoms with E-state index in [-0.39, 0.29) is 5.91 Å². The molecular weight excluding hydrogens is 386 g/mol. The summed E-state index contributed by atoms with van der Waals surface area (Å²) in [5.74, 6) is 0.160. The number of carbonyl (C=O) groups excluding carboxylic acids is 1. The molecule has 4 aromatic rings. The maximum atomic E-state index is 13.1. The molecule has 31 heavy (non-hydrogen) atoms. The number of rotatable bonds is 9. The zero-order valence-corrected chi connectivity index (χ0v) is 18.0. The topological polar surface area (TPSA) is 85.8 Å². The average Bonchev–Trinajstić information content (AvgIpc) is 3.08. The third-order valence-electron chi connectivity index (χ3n) is 5.56. The third kappa shape index (κ3) is 4.38. The van der Waals surface area contributed by atoms with Crippen molar-refractivity contribution < 1.29 is 4.79 Å². The maximum Gasteiger partial charge on any atom is 0.257 e. The number of nitrogens with zero attached hydrogens (tertiary/aromatic N) is 3. The molecule has 0 spiro atoms. The van der Waals surface area contributed by atoms with Crippen LogP contribution in [0, 0.1) is 0 Å². The second kappa shape index (κ2) is 9.60. The molecule has 6 nitrogen and oxygen atoms in total. The quantitative estimate of drug-likeness (QED) is 0.366. The Morgan fingerprint density at radius 1 is 0.903 bits per heavy atom. The molecule has 0 saturated carbocycles. The largest absolute Gasteiger partial charge is 0.384 e. The number of hydrogen-bond donors (Lipinski definition) is 2. The van der Waals surface area contributed by atoms with Crippen LogP contribution in [-0.4, -0.2) is 27.0 Å². The van der Waals surface area contributed by atoms with E-state index in [1.807, 2.05) is 59.2 Å². The molecule has 0 bridgehead atoms. The monoisotopic (exact) mass is 415 g/mol. The number of para-hydroxylation sites is 3. The highest BCUT2D eigenvalue weighted by molar-refractivity contribution is 6.11. The standard InChI is InChI=1S/C25H29N5O/c1-2-3-4-5-6-12-17-27-25(31)21-22-24(29-20-16-11-10-15-19(20)28-22)30(23(21)26)18-13-8-7-9-14-18/h7-11,13-16H,2-6,12,17,26H2,1H3,(H,27,31). The van der Waals surface area contributed by atoms with Crippen LogP contribution < -0.4 is 11.1 Å². The van der Waals surface area contributed by atoms with Gasteiger partial charge in [-0.25, -0.2) is 9.97 Å². The number of carbonyl (C=O) groups is 1. The first-order valence-corrected chi connectivity index (χ1v) is 11.1. The summed E-state index contributed by atoms with van der Waals surface area (Å²) in [6, 6.07) is 17.4. The average molecular weight is 416 g/mol. The van der Waals surface area contributed by atoms with Gasteiger partial charge >= 0.3 is 0 Å². The molecule has 0 fully saturated rings. The predicted molar refractivity (Wildman–Crippen MR) is 126 cm³/mol. The molecule has 0 aliphatic carbocycles. The van der Waals surface area contributed by atoms with Gasteiger partial charge in [-0.2, -0.15) is 0 Å². The second-order valence-corrected chi connectivity index (χ2v) is 7.84. The van der Waals surface area contributed by atoms with Gasteiger partial charge in [-0.15, -0.1) is 0 Å². The van der Waals surface area contributed by atoms with Crippen molar-refractivity contribution in [3.8, 4) is 5.69 Å². The van der Waals surface area contributed by atoms with E-state index in [9.17, 15) is 4.79 Å². The molecule has 0 saturated heterocycles. The van der Waals surface area contributed by atoms with E-state index in [1.54, 1.807) is 0 Å². The van der Waals surface area contributed by atoms with E-state index in [4.69, 9.17) is 15.7 Å². The fraction of sp³-hybridized carbons (Fsp3) is 0.320. The number of unbranched alkanes of at least 4 members (excludes halogenated alkanes) is 5. The smallest absolute Gasteiger partial charge is 0.257 e. The fourth-order valence-electron chi connectivity index (χ4n) is 3.92. The summed E-state index contributed by atoms with van der Waals surface area (Å²) < 4.78 is 1.81. The zero-order chi connectivity index (χ0) is 21.6. The Morgan fingerprint density at radius 2 is 1.55 bits per heavy atom. The van der Waals surface area contributed by atoms with Crippen LogP contribution in [0.1, 0.15) is 55.8 Å². The molecule has 0 radical (unpaired) electrons. The number of benzene rings is 2. The van der Waals surface area contributed by atoms with Gasteiger partial charge in [0.05, 0.1) is 11.0 Å². The molecule has 0 unspecified atom stereocenters. The number of nitrogen functional groups attached to an aromatic ring is 1. The first-order valence-electron chi connectivity index (χ1n) is 11.1. The van der Waals surface area contributed by atoms with Gasteiger partial charge in [0.15, 0.2) is 5.65 Å². The molecule has 0 aliphatic rings. The molecule has 2 aromatic carbocycles. The van der Waals surface area contributed by atoms with Crippen molar-refractivity contribution in [2.45, 2.75) is 45.4 Å². The number of fused-ring (bicyclic) bond motifs is 2. The van der Waals surface area contributed by atoms with E-state index in [1.165, 1.54) is 25.7 Å². The number of amides is 1. The highest BCUT2D eigenvalue weighted by atomic mass is 16.1. The van der Waals surface area contributed by atoms with Gasteiger partial charge in [-0.05, 0) is 30.7 Å². The van der Waals surface area contributed by atoms with E-state index >= 15 is 0 Å². The van der Waals surface area contributed by atoms with Gasteiger partial charge in [0.25, 0.3) is 5.91 Å². The Bertz CT molecular complexity index is 1180. The van der Waals surface area contributed by atoms with Gasteiger partial charge < -0.3 is 11.1 Å². The second-order valence-electron chi connectivity index (χ2n) is 7.84. The summed E-state index contributed by atoms with van der Waals surface area (Å²) in [5, 5.41) is 3.04. The Kier molecular flexibility index (Phi) is 6.46. The van der Waals surface area contributed by atoms with Crippen molar-refractivity contribution >= 4 is 33.9 Å². The number of nitrogens with one attached hydrogen (secondary N) is 1. The lowest BCUT2D eigenvalue weighted by molar-refractivity contribution is 0.0955. The van der Waals surface area contributed by atoms with Crippen molar-refractivity contribution in [2.75, 3.05) is 12.3 Å². The zero-order valence-electron chi connectivity index (χ0n) is 18.0. The molecular formula is C25H29N5O. The highest BCUT2D eigenvalue weighted by Gasteiger charge is 2.24. The number of hydrogen-bond acceptors (Lipinski definition) is 4. The number of anilines is 1. The lowest BCUT2D eigenvalue weighted by Crippen LogP contribution is -2.25. The summed E-state index contributed by atoms with van der Waals surface area (Å²) in [5.41, 5.74) is 10.4. The van der Waals surface area contributed by atoms with Crippen LogP contribution in [0.5, 0.6) is 0 Å². The van der Waals surface area contributed by atoms with Gasteiger partial charge in [0, 0.05) is 12.2 Å². The molecule has 0 aliphatic heterocycles. The Hall–Kier alpha value is -3.41. The first kappa shape index (κ1) is 20.8. The summed E-state index contributed by atoms with van der Waals surface area (Å²) in [6.45, 7) is 2.84. The molecule has 3 N–H and O–H groups in total. The molecule has 1 amide bonds. The lowest BCUT2D eigenvalue weighted by Gasteiger charge is -2.08. The van der Waals surface area contributed by atoms with Crippen LogP contribution in [0.15, 0.2) is 54.6 Å². The van der Waals surface area contributed by atoms with Gasteiger partial charge in [-0.3, -0.25) is 9.36 Å². The summed E-state index contributed by atoms with van der Waals surface area (Å²) >= 11 is 0. The van der Waals surface area contributed by atoms with Crippen molar-refractivity contribution in [3.05, 3.63) is 60.2 Å². The van der Waals surface area contributed by atoms with E-state index in [2.05, 4.69) is 12.2 Å². The predicted octanol–water partition coefficient (Wildman–Crippen LogP) is 5.25. The maximum absolute atomic E-state index is 13.1. The van der Waals surface area contributed by atoms with Gasteiger partial charge in [0.2, 0.25) is 0 Å². The van der Waals surface area contributed by atoms with E-state index in [0.717, 1.165) is 29.6 Å². The van der Waals surface area contributed by atoms with E-state index < -0.39 is 0 Å². The van der Waals surface area contributed by atoms with Crippen molar-refractivity contribution in [3.63, 3.8) is 0 Å². The minimum atomic E-state index is -0.199. The molecule has 2 aromatic heterocycles. The third-order valence-corrected chi connectivity index (χ3v) is 5.56. The molecule has 160 valence electrons. The molecule has 6 heteroatoms. The van der Waals surface area contributed by atoms with Crippen LogP contribution >= 0.6 is 0 Å². The highest BCUT2D eigenvalue weighted by Crippen LogP contribution is 2.30. The molecule has 4 rings (SSSR count). The van der Waals surface area contributed by atoms with Crippen LogP contribution in [0.3, 0.4) is 0 Å². The number of nitrogens with two attached hydrogens (primary N) is 1. The summed E-state index contributed by atoms with van der Waals surface area (Å²) in [6.07, 6.45) is 7.04. The minimum Gasteiger partial charge on any atom is -0.384 e. The summed E-state index contributed by atoms with van der Waals surface area (Å²) in [7, 11) is 0. The van der Waals surface area contributed by atoms with Crippen molar-refractivity contribution in [2.24, 2.45) is 0 Å². The Morgan fingerprint density at radius 3 is 2.29 bits per heavy atom. The Labute approximate surface area is 182 Å². The summed E-state index contributed by atoms with van der Waals surface area (Å²) in [4.78, 5) is 22.7. The van der Waals surface area contributed by atoms with Crippen LogP contribution in [0.25, 0.3) is 27.9 Å². The Balaban J connectivity index is 1.67. The molecule has 2 heterocycles. The number of aromatic nitrogens is 3. The van der Waals surface area contributed by atoms with Gasteiger partial charge in [-0.1, -0.05) is 69.4 Å².